The minimum atomic E-state index is 0.399. The van der Waals surface area contributed by atoms with Crippen molar-refractivity contribution in [3.8, 4) is 11.6 Å². The summed E-state index contributed by atoms with van der Waals surface area (Å²) in [4.78, 5) is 8.41. The lowest BCUT2D eigenvalue weighted by Gasteiger charge is -2.12. The van der Waals surface area contributed by atoms with Crippen molar-refractivity contribution in [1.29, 1.82) is 0 Å². The van der Waals surface area contributed by atoms with Gasteiger partial charge in [0.05, 0.1) is 0 Å². The van der Waals surface area contributed by atoms with E-state index in [2.05, 4.69) is 9.97 Å². The van der Waals surface area contributed by atoms with Crippen LogP contribution in [-0.4, -0.2) is 9.97 Å². The second-order valence-corrected chi connectivity index (χ2v) is 5.45. The summed E-state index contributed by atoms with van der Waals surface area (Å²) < 4.78 is 5.94. The van der Waals surface area contributed by atoms with Crippen molar-refractivity contribution < 1.29 is 4.74 Å². The van der Waals surface area contributed by atoms with Crippen LogP contribution in [0.5, 0.6) is 11.6 Å². The van der Waals surface area contributed by atoms with Crippen LogP contribution < -0.4 is 4.74 Å². The lowest BCUT2D eigenvalue weighted by molar-refractivity contribution is 0.460. The van der Waals surface area contributed by atoms with E-state index in [1.807, 2.05) is 43.3 Å². The molecular weight excluding hydrogens is 307 g/mol. The topological polar surface area (TPSA) is 35.0 Å². The van der Waals surface area contributed by atoms with Gasteiger partial charge < -0.3 is 4.74 Å². The van der Waals surface area contributed by atoms with Crippen LogP contribution in [0, 0.1) is 13.8 Å². The molecule has 5 heteroatoms. The highest BCUT2D eigenvalue weighted by Crippen LogP contribution is 2.35. The lowest BCUT2D eigenvalue weighted by Crippen LogP contribution is -1.98. The van der Waals surface area contributed by atoms with Gasteiger partial charge in [-0.05, 0) is 26.0 Å². The number of rotatable bonds is 2. The maximum absolute atomic E-state index is 6.21. The van der Waals surface area contributed by atoms with Crippen molar-refractivity contribution >= 4 is 34.0 Å². The van der Waals surface area contributed by atoms with Crippen LogP contribution in [-0.2, 0) is 0 Å². The number of aromatic nitrogens is 2. The SMILES string of the molecule is Cc1nc(Cl)c(C)c(Oc2ccc(Cl)c3ccccc23)n1. The zero-order valence-corrected chi connectivity index (χ0v) is 13.0. The number of hydrogen-bond acceptors (Lipinski definition) is 3. The zero-order valence-electron chi connectivity index (χ0n) is 11.5. The van der Waals surface area contributed by atoms with Crippen LogP contribution in [0.25, 0.3) is 10.8 Å². The van der Waals surface area contributed by atoms with Crippen molar-refractivity contribution in [2.24, 2.45) is 0 Å². The fraction of sp³-hybridized carbons (Fsp3) is 0.125. The normalized spacial score (nSPS) is 10.9. The molecular formula is C16H12Cl2N2O. The van der Waals surface area contributed by atoms with Crippen LogP contribution in [0.3, 0.4) is 0 Å². The molecule has 0 unspecified atom stereocenters. The molecule has 0 spiro atoms. The molecule has 0 amide bonds. The third kappa shape index (κ3) is 2.67. The number of nitrogens with zero attached hydrogens (tertiary/aromatic N) is 2. The molecule has 0 N–H and O–H groups in total. The average Bonchev–Trinajstić information content (AvgIpc) is 2.47. The Morgan fingerprint density at radius 2 is 1.62 bits per heavy atom. The molecule has 0 saturated heterocycles. The molecule has 106 valence electrons. The van der Waals surface area contributed by atoms with E-state index in [-0.39, 0.29) is 0 Å². The molecule has 3 rings (SSSR count). The molecule has 21 heavy (non-hydrogen) atoms. The van der Waals surface area contributed by atoms with Gasteiger partial charge in [-0.1, -0.05) is 47.5 Å². The summed E-state index contributed by atoms with van der Waals surface area (Å²) in [6, 6.07) is 11.4. The van der Waals surface area contributed by atoms with Crippen molar-refractivity contribution in [3.05, 3.63) is 58.0 Å². The van der Waals surface area contributed by atoms with Crippen molar-refractivity contribution in [2.45, 2.75) is 13.8 Å². The van der Waals surface area contributed by atoms with Gasteiger partial charge in [0, 0.05) is 21.4 Å². The fourth-order valence-electron chi connectivity index (χ4n) is 2.10. The Labute approximate surface area is 132 Å². The number of halogens is 2. The molecule has 0 aliphatic carbocycles. The first-order valence-electron chi connectivity index (χ1n) is 6.42. The Balaban J connectivity index is 2.13. The molecule has 3 aromatic rings. The van der Waals surface area contributed by atoms with Gasteiger partial charge in [0.2, 0.25) is 5.88 Å². The Kier molecular flexibility index (Phi) is 3.70. The molecule has 0 atom stereocenters. The minimum Gasteiger partial charge on any atom is -0.438 e. The first-order chi connectivity index (χ1) is 10.1. The van der Waals surface area contributed by atoms with Crippen LogP contribution in [0.2, 0.25) is 10.2 Å². The van der Waals surface area contributed by atoms with Crippen LogP contribution in [0.1, 0.15) is 11.4 Å². The van der Waals surface area contributed by atoms with Gasteiger partial charge in [0.1, 0.15) is 16.7 Å². The van der Waals surface area contributed by atoms with E-state index >= 15 is 0 Å². The minimum absolute atomic E-state index is 0.399. The Bertz CT molecular complexity index is 834. The summed E-state index contributed by atoms with van der Waals surface area (Å²) in [6.45, 7) is 3.60. The van der Waals surface area contributed by atoms with Crippen molar-refractivity contribution in [1.82, 2.24) is 9.97 Å². The summed E-state index contributed by atoms with van der Waals surface area (Å²) in [6.07, 6.45) is 0. The molecule has 0 radical (unpaired) electrons. The zero-order chi connectivity index (χ0) is 15.0. The third-order valence-electron chi connectivity index (χ3n) is 3.19. The highest BCUT2D eigenvalue weighted by molar-refractivity contribution is 6.35. The van der Waals surface area contributed by atoms with Crippen molar-refractivity contribution in [3.63, 3.8) is 0 Å². The van der Waals surface area contributed by atoms with Gasteiger partial charge in [-0.3, -0.25) is 0 Å². The average molecular weight is 319 g/mol. The number of aryl methyl sites for hydroxylation is 1. The van der Waals surface area contributed by atoms with Crippen LogP contribution in [0.15, 0.2) is 36.4 Å². The Hall–Kier alpha value is -1.84. The van der Waals surface area contributed by atoms with E-state index in [1.165, 1.54) is 0 Å². The quantitative estimate of drug-likeness (QED) is 0.598. The number of benzene rings is 2. The summed E-state index contributed by atoms with van der Waals surface area (Å²) in [5.74, 6) is 1.71. The molecule has 1 heterocycles. The molecule has 2 aromatic carbocycles. The van der Waals surface area contributed by atoms with Crippen LogP contribution in [0.4, 0.5) is 0 Å². The van der Waals surface area contributed by atoms with Gasteiger partial charge >= 0.3 is 0 Å². The van der Waals surface area contributed by atoms with Gasteiger partial charge in [0.15, 0.2) is 0 Å². The van der Waals surface area contributed by atoms with Crippen LogP contribution >= 0.6 is 23.2 Å². The van der Waals surface area contributed by atoms with E-state index in [1.54, 1.807) is 6.92 Å². The highest BCUT2D eigenvalue weighted by Gasteiger charge is 2.12. The Morgan fingerprint density at radius 3 is 2.38 bits per heavy atom. The van der Waals surface area contributed by atoms with Gasteiger partial charge in [-0.25, -0.2) is 4.98 Å². The predicted molar refractivity (Wildman–Crippen MR) is 85.5 cm³/mol. The molecule has 0 saturated carbocycles. The first-order valence-corrected chi connectivity index (χ1v) is 7.17. The van der Waals surface area contributed by atoms with E-state index in [0.717, 1.165) is 10.8 Å². The number of ether oxygens (including phenoxy) is 1. The van der Waals surface area contributed by atoms with Gasteiger partial charge in [-0.15, -0.1) is 0 Å². The molecule has 1 aromatic heterocycles. The summed E-state index contributed by atoms with van der Waals surface area (Å²) >= 11 is 12.3. The van der Waals surface area contributed by atoms with E-state index in [9.17, 15) is 0 Å². The second-order valence-electron chi connectivity index (χ2n) is 4.68. The van der Waals surface area contributed by atoms with Gasteiger partial charge in [-0.2, -0.15) is 4.98 Å². The monoisotopic (exact) mass is 318 g/mol. The summed E-state index contributed by atoms with van der Waals surface area (Å²) in [5.41, 5.74) is 0.710. The van der Waals surface area contributed by atoms with E-state index in [4.69, 9.17) is 27.9 Å². The maximum atomic E-state index is 6.21. The fourth-order valence-corrected chi connectivity index (χ4v) is 2.53. The first kappa shape index (κ1) is 14.1. The maximum Gasteiger partial charge on any atom is 0.227 e. The number of hydrogen-bond donors (Lipinski definition) is 0. The van der Waals surface area contributed by atoms with Crippen molar-refractivity contribution in [2.75, 3.05) is 0 Å². The molecule has 0 bridgehead atoms. The molecule has 0 aliphatic rings. The highest BCUT2D eigenvalue weighted by atomic mass is 35.5. The molecule has 0 aliphatic heterocycles. The van der Waals surface area contributed by atoms with E-state index in [0.29, 0.717) is 33.2 Å². The second kappa shape index (κ2) is 5.51. The largest absolute Gasteiger partial charge is 0.438 e. The summed E-state index contributed by atoms with van der Waals surface area (Å²) in [7, 11) is 0. The van der Waals surface area contributed by atoms with E-state index < -0.39 is 0 Å². The Morgan fingerprint density at radius 1 is 0.905 bits per heavy atom. The van der Waals surface area contributed by atoms with Gasteiger partial charge in [0.25, 0.3) is 0 Å². The number of fused-ring (bicyclic) bond motifs is 1. The molecule has 0 fully saturated rings. The summed E-state index contributed by atoms with van der Waals surface area (Å²) in [5, 5.41) is 2.95. The smallest absolute Gasteiger partial charge is 0.227 e. The predicted octanol–water partition coefficient (Wildman–Crippen LogP) is 5.35. The third-order valence-corrected chi connectivity index (χ3v) is 3.89. The molecule has 3 nitrogen and oxygen atoms in total. The standard InChI is InChI=1S/C16H12Cl2N2O/c1-9-15(18)19-10(2)20-16(9)21-14-8-7-13(17)11-5-3-4-6-12(11)14/h3-8H,1-2H3. The lowest BCUT2D eigenvalue weighted by atomic mass is 10.1.